The number of nitrogens with zero attached hydrogens (tertiary/aromatic N) is 2. The highest BCUT2D eigenvalue weighted by Crippen LogP contribution is 2.24. The Morgan fingerprint density at radius 1 is 1.47 bits per heavy atom. The summed E-state index contributed by atoms with van der Waals surface area (Å²) in [7, 11) is 2.01. The van der Waals surface area contributed by atoms with Gasteiger partial charge in [-0.05, 0) is 31.7 Å². The van der Waals surface area contributed by atoms with E-state index >= 15 is 0 Å². The molecule has 1 atom stereocenters. The van der Waals surface area contributed by atoms with Crippen molar-refractivity contribution < 1.29 is 5.11 Å². The van der Waals surface area contributed by atoms with Gasteiger partial charge in [-0.25, -0.2) is 4.98 Å². The largest absolute Gasteiger partial charge is 0.394 e. The molecule has 0 aliphatic rings. The summed E-state index contributed by atoms with van der Waals surface area (Å²) in [6, 6.07) is 8.05. The van der Waals surface area contributed by atoms with Crippen molar-refractivity contribution >= 4 is 27.3 Å². The number of aryl methyl sites for hydroxylation is 1. The number of aliphatic hydroxyl groups excluding tert-OH is 1. The van der Waals surface area contributed by atoms with Crippen LogP contribution in [-0.2, 0) is 6.54 Å². The van der Waals surface area contributed by atoms with Crippen LogP contribution in [0.1, 0.15) is 22.3 Å². The molecule has 0 unspecified atom stereocenters. The molecule has 3 nitrogen and oxygen atoms in total. The molecule has 0 spiro atoms. The van der Waals surface area contributed by atoms with E-state index in [0.717, 1.165) is 27.3 Å². The second-order valence-electron chi connectivity index (χ2n) is 4.55. The lowest BCUT2D eigenvalue weighted by Crippen LogP contribution is -2.26. The Bertz CT molecular complexity index is 544. The third-order valence-electron chi connectivity index (χ3n) is 2.99. The van der Waals surface area contributed by atoms with Gasteiger partial charge in [-0.2, -0.15) is 0 Å². The van der Waals surface area contributed by atoms with Gasteiger partial charge < -0.3 is 5.11 Å². The predicted molar refractivity (Wildman–Crippen MR) is 82.3 cm³/mol. The van der Waals surface area contributed by atoms with E-state index in [9.17, 15) is 5.11 Å². The fourth-order valence-corrected chi connectivity index (χ4v) is 3.26. The van der Waals surface area contributed by atoms with Gasteiger partial charge in [0.2, 0.25) is 0 Å². The molecule has 1 heterocycles. The molecule has 0 aliphatic carbocycles. The first-order valence-corrected chi connectivity index (χ1v) is 7.75. The zero-order valence-corrected chi connectivity index (χ0v) is 13.4. The fraction of sp³-hybridized carbons (Fsp3) is 0.357. The second kappa shape index (κ2) is 6.61. The maximum atomic E-state index is 9.65. The zero-order chi connectivity index (χ0) is 13.8. The lowest BCUT2D eigenvalue weighted by atomic mass is 10.1. The van der Waals surface area contributed by atoms with Gasteiger partial charge in [-0.3, -0.25) is 4.90 Å². The van der Waals surface area contributed by atoms with E-state index in [1.165, 1.54) is 0 Å². The highest BCUT2D eigenvalue weighted by molar-refractivity contribution is 9.10. The summed E-state index contributed by atoms with van der Waals surface area (Å²) in [5.74, 6) is 0. The molecule has 1 aromatic heterocycles. The quantitative estimate of drug-likeness (QED) is 0.906. The van der Waals surface area contributed by atoms with E-state index in [2.05, 4.69) is 31.2 Å². The molecule has 0 saturated carbocycles. The van der Waals surface area contributed by atoms with E-state index in [1.807, 2.05) is 38.2 Å². The van der Waals surface area contributed by atoms with Crippen LogP contribution in [0.5, 0.6) is 0 Å². The minimum absolute atomic E-state index is 0.0123. The van der Waals surface area contributed by atoms with Crippen molar-refractivity contribution in [3.05, 3.63) is 50.4 Å². The highest BCUT2D eigenvalue weighted by Gasteiger charge is 2.17. The molecular weight excluding hydrogens is 324 g/mol. The zero-order valence-electron chi connectivity index (χ0n) is 11.0. The highest BCUT2D eigenvalue weighted by atomic mass is 79.9. The van der Waals surface area contributed by atoms with Crippen LogP contribution in [0.4, 0.5) is 0 Å². The molecule has 1 aromatic carbocycles. The molecule has 1 N–H and O–H groups in total. The van der Waals surface area contributed by atoms with E-state index in [-0.39, 0.29) is 12.6 Å². The van der Waals surface area contributed by atoms with Crippen molar-refractivity contribution in [2.75, 3.05) is 13.7 Å². The van der Waals surface area contributed by atoms with Gasteiger partial charge in [0, 0.05) is 15.5 Å². The number of aromatic nitrogens is 1. The summed E-state index contributed by atoms with van der Waals surface area (Å²) in [5.41, 5.74) is 2.16. The Hall–Kier alpha value is -0.750. The lowest BCUT2D eigenvalue weighted by molar-refractivity contribution is 0.142. The number of likely N-dealkylation sites (N-methyl/N-ethyl adjacent to an activating group) is 1. The van der Waals surface area contributed by atoms with Crippen LogP contribution < -0.4 is 0 Å². The number of thiazole rings is 1. The second-order valence-corrected chi connectivity index (χ2v) is 6.41. The van der Waals surface area contributed by atoms with Gasteiger partial charge in [-0.1, -0.05) is 28.1 Å². The number of benzene rings is 1. The molecule has 0 aliphatic heterocycles. The summed E-state index contributed by atoms with van der Waals surface area (Å²) >= 11 is 5.13. The summed E-state index contributed by atoms with van der Waals surface area (Å²) in [4.78, 5) is 6.59. The van der Waals surface area contributed by atoms with Crippen molar-refractivity contribution in [1.29, 1.82) is 0 Å². The molecule has 2 rings (SSSR count). The van der Waals surface area contributed by atoms with E-state index < -0.39 is 0 Å². The molecule has 19 heavy (non-hydrogen) atoms. The fourth-order valence-electron chi connectivity index (χ4n) is 2.01. The SMILES string of the molecule is Cc1csc(CN(C)[C@H](CO)c2cccc(Br)c2)n1. The standard InChI is InChI=1S/C14H17BrN2OS/c1-10-9-19-14(16-10)7-17(2)13(8-18)11-4-3-5-12(15)6-11/h3-6,9,13,18H,7-8H2,1-2H3/t13-/m1/s1. The van der Waals surface area contributed by atoms with Gasteiger partial charge >= 0.3 is 0 Å². The number of rotatable bonds is 5. The first-order chi connectivity index (χ1) is 9.10. The molecule has 0 radical (unpaired) electrons. The minimum Gasteiger partial charge on any atom is -0.394 e. The third-order valence-corrected chi connectivity index (χ3v) is 4.43. The monoisotopic (exact) mass is 340 g/mol. The van der Waals surface area contributed by atoms with Gasteiger partial charge in [0.15, 0.2) is 0 Å². The third kappa shape index (κ3) is 3.86. The first kappa shape index (κ1) is 14.7. The molecule has 0 fully saturated rings. The van der Waals surface area contributed by atoms with Crippen molar-refractivity contribution in [3.63, 3.8) is 0 Å². The molecule has 0 saturated heterocycles. The van der Waals surface area contributed by atoms with Crippen LogP contribution in [0.2, 0.25) is 0 Å². The van der Waals surface area contributed by atoms with Crippen LogP contribution in [0, 0.1) is 6.92 Å². The minimum atomic E-state index is -0.0123. The van der Waals surface area contributed by atoms with E-state index in [4.69, 9.17) is 0 Å². The topological polar surface area (TPSA) is 36.4 Å². The molecule has 5 heteroatoms. The Kier molecular flexibility index (Phi) is 5.10. The predicted octanol–water partition coefficient (Wildman–Crippen LogP) is 3.38. The van der Waals surface area contributed by atoms with Crippen LogP contribution in [0.15, 0.2) is 34.1 Å². The van der Waals surface area contributed by atoms with Gasteiger partial charge in [0.25, 0.3) is 0 Å². The van der Waals surface area contributed by atoms with Crippen LogP contribution in [-0.4, -0.2) is 28.6 Å². The van der Waals surface area contributed by atoms with Crippen molar-refractivity contribution in [3.8, 4) is 0 Å². The number of hydrogen-bond acceptors (Lipinski definition) is 4. The summed E-state index contributed by atoms with van der Waals surface area (Å²) in [6.45, 7) is 2.84. The first-order valence-electron chi connectivity index (χ1n) is 6.07. The summed E-state index contributed by atoms with van der Waals surface area (Å²) in [6.07, 6.45) is 0. The summed E-state index contributed by atoms with van der Waals surface area (Å²) < 4.78 is 1.03. The Labute approximate surface area is 126 Å². The van der Waals surface area contributed by atoms with Crippen molar-refractivity contribution in [2.24, 2.45) is 0 Å². The maximum absolute atomic E-state index is 9.65. The van der Waals surface area contributed by atoms with Crippen LogP contribution in [0.3, 0.4) is 0 Å². The Morgan fingerprint density at radius 2 is 2.26 bits per heavy atom. The Morgan fingerprint density at radius 3 is 2.84 bits per heavy atom. The summed E-state index contributed by atoms with van der Waals surface area (Å²) in [5, 5.41) is 12.8. The van der Waals surface area contributed by atoms with Crippen molar-refractivity contribution in [1.82, 2.24) is 9.88 Å². The average Bonchev–Trinajstić information content (AvgIpc) is 2.75. The lowest BCUT2D eigenvalue weighted by Gasteiger charge is -2.26. The molecule has 2 aromatic rings. The normalized spacial score (nSPS) is 12.9. The molecular formula is C14H17BrN2OS. The van der Waals surface area contributed by atoms with Crippen LogP contribution >= 0.6 is 27.3 Å². The van der Waals surface area contributed by atoms with Gasteiger partial charge in [-0.15, -0.1) is 11.3 Å². The molecule has 102 valence electrons. The molecule has 0 amide bonds. The van der Waals surface area contributed by atoms with E-state index in [1.54, 1.807) is 11.3 Å². The smallest absolute Gasteiger partial charge is 0.107 e. The van der Waals surface area contributed by atoms with Gasteiger partial charge in [0.1, 0.15) is 5.01 Å². The van der Waals surface area contributed by atoms with Crippen molar-refractivity contribution in [2.45, 2.75) is 19.5 Å². The average molecular weight is 341 g/mol. The maximum Gasteiger partial charge on any atom is 0.107 e. The van der Waals surface area contributed by atoms with E-state index in [0.29, 0.717) is 0 Å². The Balaban J connectivity index is 2.12. The van der Waals surface area contributed by atoms with Crippen LogP contribution in [0.25, 0.3) is 0 Å². The molecule has 0 bridgehead atoms. The number of aliphatic hydroxyl groups is 1. The van der Waals surface area contributed by atoms with Gasteiger partial charge in [0.05, 0.1) is 19.2 Å². The number of hydrogen-bond donors (Lipinski definition) is 1. The number of halogens is 1.